The molecule has 0 aromatic carbocycles. The predicted octanol–water partition coefficient (Wildman–Crippen LogP) is 0.498. The lowest BCUT2D eigenvalue weighted by molar-refractivity contribution is -0.141. The molecular weight excluding hydrogens is 232 g/mol. The zero-order valence-corrected chi connectivity index (χ0v) is 10.5. The van der Waals surface area contributed by atoms with Gasteiger partial charge >= 0.3 is 0 Å². The van der Waals surface area contributed by atoms with Crippen molar-refractivity contribution in [3.8, 4) is 0 Å². The van der Waals surface area contributed by atoms with Crippen LogP contribution in [0.3, 0.4) is 0 Å². The number of carbonyl (C=O) groups is 1. The maximum Gasteiger partial charge on any atom is 0.227 e. The van der Waals surface area contributed by atoms with Gasteiger partial charge in [-0.2, -0.15) is 0 Å². The van der Waals surface area contributed by atoms with E-state index in [0.29, 0.717) is 32.8 Å². The predicted molar refractivity (Wildman–Crippen MR) is 66.1 cm³/mol. The Balaban J connectivity index is 1.98. The van der Waals surface area contributed by atoms with Gasteiger partial charge in [-0.15, -0.1) is 0 Å². The van der Waals surface area contributed by atoms with Gasteiger partial charge in [-0.1, -0.05) is 0 Å². The highest BCUT2D eigenvalue weighted by Crippen LogP contribution is 2.10. The van der Waals surface area contributed by atoms with E-state index >= 15 is 0 Å². The van der Waals surface area contributed by atoms with Crippen LogP contribution in [0.2, 0.25) is 0 Å². The van der Waals surface area contributed by atoms with E-state index in [-0.39, 0.29) is 11.9 Å². The summed E-state index contributed by atoms with van der Waals surface area (Å²) < 4.78 is 10.5. The molecule has 1 aliphatic heterocycles. The number of pyridine rings is 1. The lowest BCUT2D eigenvalue weighted by Gasteiger charge is -2.35. The van der Waals surface area contributed by atoms with E-state index in [2.05, 4.69) is 4.98 Å². The molecule has 1 aromatic rings. The first-order valence-corrected chi connectivity index (χ1v) is 6.06. The maximum atomic E-state index is 12.2. The van der Waals surface area contributed by atoms with E-state index in [4.69, 9.17) is 9.47 Å². The molecule has 0 bridgehead atoms. The van der Waals surface area contributed by atoms with Crippen molar-refractivity contribution in [3.05, 3.63) is 30.1 Å². The van der Waals surface area contributed by atoms with Gasteiger partial charge in [0.2, 0.25) is 5.91 Å². The van der Waals surface area contributed by atoms with Crippen LogP contribution in [0.4, 0.5) is 0 Å². The molecule has 0 spiro atoms. The fourth-order valence-electron chi connectivity index (χ4n) is 2.09. The second-order valence-corrected chi connectivity index (χ2v) is 4.30. The Kier molecular flexibility index (Phi) is 4.66. The van der Waals surface area contributed by atoms with E-state index in [1.807, 2.05) is 17.0 Å². The van der Waals surface area contributed by atoms with Gasteiger partial charge in [0.25, 0.3) is 0 Å². The average molecular weight is 250 g/mol. The largest absolute Gasteiger partial charge is 0.382 e. The second kappa shape index (κ2) is 6.47. The van der Waals surface area contributed by atoms with E-state index in [1.54, 1.807) is 19.5 Å². The number of aromatic nitrogens is 1. The Morgan fingerprint density at radius 3 is 3.06 bits per heavy atom. The molecule has 5 nitrogen and oxygen atoms in total. The molecule has 0 radical (unpaired) electrons. The Labute approximate surface area is 107 Å². The van der Waals surface area contributed by atoms with Crippen LogP contribution in [0.25, 0.3) is 0 Å². The highest BCUT2D eigenvalue weighted by atomic mass is 16.5. The molecule has 2 heterocycles. The minimum Gasteiger partial charge on any atom is -0.382 e. The zero-order valence-electron chi connectivity index (χ0n) is 10.5. The summed E-state index contributed by atoms with van der Waals surface area (Å²) in [5, 5.41) is 0. The number of ether oxygens (including phenoxy) is 2. The summed E-state index contributed by atoms with van der Waals surface area (Å²) >= 11 is 0. The van der Waals surface area contributed by atoms with Crippen LogP contribution in [0.5, 0.6) is 0 Å². The number of nitrogens with zero attached hydrogens (tertiary/aromatic N) is 2. The van der Waals surface area contributed by atoms with E-state index in [9.17, 15) is 4.79 Å². The molecule has 2 rings (SSSR count). The molecule has 1 aromatic heterocycles. The SMILES string of the molecule is COCC1COCCN1C(=O)Cc1ccncc1. The molecule has 18 heavy (non-hydrogen) atoms. The van der Waals surface area contributed by atoms with Gasteiger partial charge in [0.05, 0.1) is 32.3 Å². The summed E-state index contributed by atoms with van der Waals surface area (Å²) in [6.07, 6.45) is 3.81. The van der Waals surface area contributed by atoms with E-state index in [0.717, 1.165) is 5.56 Å². The molecule has 1 saturated heterocycles. The van der Waals surface area contributed by atoms with Gasteiger partial charge in [0, 0.05) is 26.0 Å². The molecule has 5 heteroatoms. The number of hydrogen-bond acceptors (Lipinski definition) is 4. The average Bonchev–Trinajstić information content (AvgIpc) is 2.41. The Morgan fingerprint density at radius 1 is 1.56 bits per heavy atom. The smallest absolute Gasteiger partial charge is 0.227 e. The van der Waals surface area contributed by atoms with Crippen molar-refractivity contribution in [2.45, 2.75) is 12.5 Å². The maximum absolute atomic E-state index is 12.2. The normalized spacial score (nSPS) is 19.8. The van der Waals surface area contributed by atoms with Crippen LogP contribution in [0, 0.1) is 0 Å². The first-order valence-electron chi connectivity index (χ1n) is 6.06. The van der Waals surface area contributed by atoms with Gasteiger partial charge < -0.3 is 14.4 Å². The first-order chi connectivity index (χ1) is 8.81. The van der Waals surface area contributed by atoms with Crippen molar-refractivity contribution in [2.75, 3.05) is 33.5 Å². The fourth-order valence-corrected chi connectivity index (χ4v) is 2.09. The zero-order chi connectivity index (χ0) is 12.8. The van der Waals surface area contributed by atoms with Crippen LogP contribution in [0.1, 0.15) is 5.56 Å². The minimum atomic E-state index is 0.0260. The van der Waals surface area contributed by atoms with Crippen LogP contribution in [0.15, 0.2) is 24.5 Å². The van der Waals surface area contributed by atoms with Crippen LogP contribution in [-0.4, -0.2) is 55.3 Å². The molecule has 0 saturated carbocycles. The monoisotopic (exact) mass is 250 g/mol. The summed E-state index contributed by atoms with van der Waals surface area (Å²) in [4.78, 5) is 18.0. The van der Waals surface area contributed by atoms with Gasteiger partial charge in [0.15, 0.2) is 0 Å². The lowest BCUT2D eigenvalue weighted by Crippen LogP contribution is -2.51. The number of rotatable bonds is 4. The van der Waals surface area contributed by atoms with E-state index in [1.165, 1.54) is 0 Å². The quantitative estimate of drug-likeness (QED) is 0.780. The standard InChI is InChI=1S/C13H18N2O3/c1-17-9-12-10-18-7-6-15(12)13(16)8-11-2-4-14-5-3-11/h2-5,12H,6-10H2,1H3. The van der Waals surface area contributed by atoms with Crippen molar-refractivity contribution < 1.29 is 14.3 Å². The Bertz CT molecular complexity index is 381. The summed E-state index contributed by atoms with van der Waals surface area (Å²) in [5.41, 5.74) is 0.984. The highest BCUT2D eigenvalue weighted by Gasteiger charge is 2.26. The highest BCUT2D eigenvalue weighted by molar-refractivity contribution is 5.79. The second-order valence-electron chi connectivity index (χ2n) is 4.30. The number of carbonyl (C=O) groups excluding carboxylic acids is 1. The van der Waals surface area contributed by atoms with E-state index < -0.39 is 0 Å². The van der Waals surface area contributed by atoms with Crippen LogP contribution < -0.4 is 0 Å². The summed E-state index contributed by atoms with van der Waals surface area (Å²) in [5.74, 6) is 0.117. The third-order valence-corrected chi connectivity index (χ3v) is 3.01. The summed E-state index contributed by atoms with van der Waals surface area (Å²) in [7, 11) is 1.64. The molecule has 1 fully saturated rings. The van der Waals surface area contributed by atoms with Crippen molar-refractivity contribution in [1.82, 2.24) is 9.88 Å². The molecule has 1 unspecified atom stereocenters. The molecule has 1 amide bonds. The molecule has 1 atom stereocenters. The molecule has 0 N–H and O–H groups in total. The van der Waals surface area contributed by atoms with Gasteiger partial charge in [-0.05, 0) is 17.7 Å². The third kappa shape index (κ3) is 3.27. The van der Waals surface area contributed by atoms with Crippen LogP contribution >= 0.6 is 0 Å². The topological polar surface area (TPSA) is 51.7 Å². The lowest BCUT2D eigenvalue weighted by atomic mass is 10.1. The van der Waals surface area contributed by atoms with Crippen LogP contribution in [-0.2, 0) is 20.7 Å². The third-order valence-electron chi connectivity index (χ3n) is 3.01. The number of morpholine rings is 1. The first kappa shape index (κ1) is 13.0. The Morgan fingerprint density at radius 2 is 2.33 bits per heavy atom. The van der Waals surface area contributed by atoms with Gasteiger partial charge in [-0.25, -0.2) is 0 Å². The Hall–Kier alpha value is -1.46. The molecule has 98 valence electrons. The molecule has 1 aliphatic rings. The van der Waals surface area contributed by atoms with Gasteiger partial charge in [0.1, 0.15) is 0 Å². The van der Waals surface area contributed by atoms with Crippen molar-refractivity contribution >= 4 is 5.91 Å². The summed E-state index contributed by atoms with van der Waals surface area (Å²) in [6, 6.07) is 3.76. The number of methoxy groups -OCH3 is 1. The fraction of sp³-hybridized carbons (Fsp3) is 0.538. The summed E-state index contributed by atoms with van der Waals surface area (Å²) in [6.45, 7) is 2.30. The minimum absolute atomic E-state index is 0.0260. The number of amides is 1. The van der Waals surface area contributed by atoms with Crippen molar-refractivity contribution in [1.29, 1.82) is 0 Å². The van der Waals surface area contributed by atoms with Gasteiger partial charge in [-0.3, -0.25) is 9.78 Å². The van der Waals surface area contributed by atoms with Crippen molar-refractivity contribution in [2.24, 2.45) is 0 Å². The number of hydrogen-bond donors (Lipinski definition) is 0. The molecule has 0 aliphatic carbocycles. The van der Waals surface area contributed by atoms with Crippen molar-refractivity contribution in [3.63, 3.8) is 0 Å². The molecular formula is C13H18N2O3.